The van der Waals surface area contributed by atoms with Crippen molar-refractivity contribution in [1.82, 2.24) is 4.98 Å². The second-order valence-electron chi connectivity index (χ2n) is 4.66. The predicted molar refractivity (Wildman–Crippen MR) is 82.9 cm³/mol. The SMILES string of the molecule is Cc1cccc(C(=O)c2c[nH]c3ccc(Cl)cc23)c1Cl. The van der Waals surface area contributed by atoms with Crippen LogP contribution in [0.3, 0.4) is 0 Å². The number of H-pyrrole nitrogens is 1. The normalized spacial score (nSPS) is 10.9. The summed E-state index contributed by atoms with van der Waals surface area (Å²) in [4.78, 5) is 15.7. The standard InChI is InChI=1S/C16H11Cl2NO/c1-9-3-2-4-11(15(9)18)16(20)13-8-19-14-6-5-10(17)7-12(13)14/h2-8,19H,1H3. The molecule has 2 aromatic carbocycles. The maximum absolute atomic E-state index is 12.7. The minimum atomic E-state index is -0.104. The molecule has 4 heteroatoms. The molecule has 0 spiro atoms. The molecule has 0 radical (unpaired) electrons. The van der Waals surface area contributed by atoms with Gasteiger partial charge in [0.05, 0.1) is 5.02 Å². The fraction of sp³-hybridized carbons (Fsp3) is 0.0625. The summed E-state index contributed by atoms with van der Waals surface area (Å²) in [5, 5.41) is 1.90. The molecule has 3 aromatic rings. The van der Waals surface area contributed by atoms with Gasteiger partial charge in [0, 0.05) is 33.2 Å². The minimum absolute atomic E-state index is 0.104. The summed E-state index contributed by atoms with van der Waals surface area (Å²) < 4.78 is 0. The molecular weight excluding hydrogens is 293 g/mol. The number of carbonyl (C=O) groups excluding carboxylic acids is 1. The number of carbonyl (C=O) groups is 1. The molecule has 3 rings (SSSR count). The highest BCUT2D eigenvalue weighted by Crippen LogP contribution is 2.28. The number of rotatable bonds is 2. The summed E-state index contributed by atoms with van der Waals surface area (Å²) in [6.45, 7) is 1.88. The average Bonchev–Trinajstić information content (AvgIpc) is 2.84. The van der Waals surface area contributed by atoms with Crippen LogP contribution in [0, 0.1) is 6.92 Å². The third kappa shape index (κ3) is 2.11. The summed E-state index contributed by atoms with van der Waals surface area (Å²) in [6, 6.07) is 10.9. The number of hydrogen-bond donors (Lipinski definition) is 1. The van der Waals surface area contributed by atoms with Crippen molar-refractivity contribution in [2.75, 3.05) is 0 Å². The topological polar surface area (TPSA) is 32.9 Å². The Morgan fingerprint density at radius 2 is 1.90 bits per heavy atom. The van der Waals surface area contributed by atoms with Crippen molar-refractivity contribution in [2.45, 2.75) is 6.92 Å². The molecule has 0 amide bonds. The van der Waals surface area contributed by atoms with E-state index in [0.29, 0.717) is 21.2 Å². The molecule has 1 aromatic heterocycles. The van der Waals surface area contributed by atoms with Crippen LogP contribution in [0.4, 0.5) is 0 Å². The van der Waals surface area contributed by atoms with Crippen molar-refractivity contribution in [2.24, 2.45) is 0 Å². The maximum atomic E-state index is 12.7. The van der Waals surface area contributed by atoms with Gasteiger partial charge in [0.25, 0.3) is 0 Å². The minimum Gasteiger partial charge on any atom is -0.360 e. The number of aromatic nitrogens is 1. The molecule has 0 saturated carbocycles. The van der Waals surface area contributed by atoms with Gasteiger partial charge >= 0.3 is 0 Å². The Morgan fingerprint density at radius 3 is 2.70 bits per heavy atom. The van der Waals surface area contributed by atoms with E-state index >= 15 is 0 Å². The summed E-state index contributed by atoms with van der Waals surface area (Å²) in [5.41, 5.74) is 2.85. The maximum Gasteiger partial charge on any atom is 0.196 e. The molecule has 0 aliphatic heterocycles. The van der Waals surface area contributed by atoms with E-state index in [2.05, 4.69) is 4.98 Å². The number of fused-ring (bicyclic) bond motifs is 1. The van der Waals surface area contributed by atoms with E-state index in [1.807, 2.05) is 25.1 Å². The van der Waals surface area contributed by atoms with E-state index in [9.17, 15) is 4.79 Å². The van der Waals surface area contributed by atoms with E-state index in [1.54, 1.807) is 24.4 Å². The fourth-order valence-corrected chi connectivity index (χ4v) is 2.63. The Balaban J connectivity index is 2.18. The first-order chi connectivity index (χ1) is 9.58. The molecule has 0 fully saturated rings. The summed E-state index contributed by atoms with van der Waals surface area (Å²) in [5.74, 6) is -0.104. The van der Waals surface area contributed by atoms with Crippen LogP contribution in [-0.4, -0.2) is 10.8 Å². The first kappa shape index (κ1) is 13.2. The zero-order valence-electron chi connectivity index (χ0n) is 10.7. The Morgan fingerprint density at radius 1 is 1.10 bits per heavy atom. The van der Waals surface area contributed by atoms with Gasteiger partial charge in [-0.3, -0.25) is 4.79 Å². The van der Waals surface area contributed by atoms with Crippen molar-refractivity contribution >= 4 is 39.9 Å². The average molecular weight is 304 g/mol. The highest BCUT2D eigenvalue weighted by atomic mass is 35.5. The van der Waals surface area contributed by atoms with E-state index in [1.165, 1.54) is 0 Å². The van der Waals surface area contributed by atoms with Crippen LogP contribution in [-0.2, 0) is 0 Å². The number of aryl methyl sites for hydroxylation is 1. The molecule has 0 aliphatic carbocycles. The highest BCUT2D eigenvalue weighted by molar-refractivity contribution is 6.36. The number of ketones is 1. The van der Waals surface area contributed by atoms with Gasteiger partial charge in [0.1, 0.15) is 0 Å². The monoisotopic (exact) mass is 303 g/mol. The van der Waals surface area contributed by atoms with Gasteiger partial charge in [0.2, 0.25) is 0 Å². The van der Waals surface area contributed by atoms with Crippen molar-refractivity contribution < 1.29 is 4.79 Å². The Bertz CT molecular complexity index is 820. The van der Waals surface area contributed by atoms with Gasteiger partial charge < -0.3 is 4.98 Å². The lowest BCUT2D eigenvalue weighted by Gasteiger charge is -2.05. The summed E-state index contributed by atoms with van der Waals surface area (Å²) >= 11 is 12.2. The number of benzene rings is 2. The lowest BCUT2D eigenvalue weighted by Crippen LogP contribution is -2.02. The molecule has 2 nitrogen and oxygen atoms in total. The number of nitrogens with one attached hydrogen (secondary N) is 1. The van der Waals surface area contributed by atoms with Crippen molar-refractivity contribution in [3.8, 4) is 0 Å². The third-order valence-corrected chi connectivity index (χ3v) is 4.06. The van der Waals surface area contributed by atoms with Gasteiger partial charge in [-0.1, -0.05) is 35.3 Å². The molecular formula is C16H11Cl2NO. The zero-order valence-corrected chi connectivity index (χ0v) is 12.2. The number of hydrogen-bond acceptors (Lipinski definition) is 1. The van der Waals surface area contributed by atoms with Gasteiger partial charge in [-0.2, -0.15) is 0 Å². The van der Waals surface area contributed by atoms with Crippen LogP contribution >= 0.6 is 23.2 Å². The van der Waals surface area contributed by atoms with Crippen molar-refractivity contribution in [3.63, 3.8) is 0 Å². The molecule has 0 atom stereocenters. The van der Waals surface area contributed by atoms with Gasteiger partial charge in [-0.05, 0) is 36.8 Å². The van der Waals surface area contributed by atoms with Crippen molar-refractivity contribution in [3.05, 3.63) is 69.3 Å². The molecule has 100 valence electrons. The van der Waals surface area contributed by atoms with Gasteiger partial charge in [-0.15, -0.1) is 0 Å². The highest BCUT2D eigenvalue weighted by Gasteiger charge is 2.17. The molecule has 1 N–H and O–H groups in total. The zero-order chi connectivity index (χ0) is 14.3. The van der Waals surface area contributed by atoms with E-state index < -0.39 is 0 Å². The molecule has 0 aliphatic rings. The van der Waals surface area contributed by atoms with Gasteiger partial charge in [-0.25, -0.2) is 0 Å². The van der Waals surface area contributed by atoms with E-state index in [4.69, 9.17) is 23.2 Å². The summed E-state index contributed by atoms with van der Waals surface area (Å²) in [6.07, 6.45) is 1.70. The first-order valence-electron chi connectivity index (χ1n) is 6.14. The number of halogens is 2. The molecule has 20 heavy (non-hydrogen) atoms. The molecule has 1 heterocycles. The Hall–Kier alpha value is -1.77. The Labute approximate surface area is 126 Å². The lowest BCUT2D eigenvalue weighted by molar-refractivity contribution is 0.104. The third-order valence-electron chi connectivity index (χ3n) is 3.32. The van der Waals surface area contributed by atoms with E-state index in [-0.39, 0.29) is 5.78 Å². The van der Waals surface area contributed by atoms with Crippen LogP contribution in [0.1, 0.15) is 21.5 Å². The molecule has 0 saturated heterocycles. The second-order valence-corrected chi connectivity index (χ2v) is 5.47. The molecule has 0 unspecified atom stereocenters. The lowest BCUT2D eigenvalue weighted by atomic mass is 10.0. The largest absolute Gasteiger partial charge is 0.360 e. The number of aromatic amines is 1. The van der Waals surface area contributed by atoms with Gasteiger partial charge in [0.15, 0.2) is 5.78 Å². The van der Waals surface area contributed by atoms with Crippen LogP contribution in [0.15, 0.2) is 42.6 Å². The van der Waals surface area contributed by atoms with Crippen LogP contribution in [0.5, 0.6) is 0 Å². The Kier molecular flexibility index (Phi) is 3.28. The smallest absolute Gasteiger partial charge is 0.196 e. The second kappa shape index (κ2) is 4.97. The molecule has 0 bridgehead atoms. The van der Waals surface area contributed by atoms with Crippen LogP contribution in [0.2, 0.25) is 10.0 Å². The van der Waals surface area contributed by atoms with Crippen molar-refractivity contribution in [1.29, 1.82) is 0 Å². The van der Waals surface area contributed by atoms with Crippen LogP contribution < -0.4 is 0 Å². The quantitative estimate of drug-likeness (QED) is 0.663. The first-order valence-corrected chi connectivity index (χ1v) is 6.90. The summed E-state index contributed by atoms with van der Waals surface area (Å²) in [7, 11) is 0. The predicted octanol–water partition coefficient (Wildman–Crippen LogP) is 5.01. The fourth-order valence-electron chi connectivity index (χ4n) is 2.25. The van der Waals surface area contributed by atoms with Crippen LogP contribution in [0.25, 0.3) is 10.9 Å². The van der Waals surface area contributed by atoms with E-state index in [0.717, 1.165) is 16.5 Å².